The van der Waals surface area contributed by atoms with Crippen LogP contribution in [0.25, 0.3) is 0 Å². The van der Waals surface area contributed by atoms with Gasteiger partial charge in [-0.05, 0) is 46.9 Å². The molecule has 21 heavy (non-hydrogen) atoms. The van der Waals surface area contributed by atoms with E-state index >= 15 is 0 Å². The number of amides is 2. The zero-order valence-corrected chi connectivity index (χ0v) is 13.6. The molecule has 0 bridgehead atoms. The second-order valence-electron chi connectivity index (χ2n) is 5.37. The average molecular weight is 354 g/mol. The fourth-order valence-electron chi connectivity index (χ4n) is 2.31. The number of nitrogens with one attached hydrogen (secondary N) is 1. The number of benzene rings is 1. The quantitative estimate of drug-likeness (QED) is 0.788. The van der Waals surface area contributed by atoms with Gasteiger partial charge in [-0.1, -0.05) is 19.1 Å². The Bertz CT molecular complexity index is 535. The molecule has 1 aliphatic rings. The fourth-order valence-corrected chi connectivity index (χ4v) is 2.81. The summed E-state index contributed by atoms with van der Waals surface area (Å²) in [6.07, 6.45) is 0.545. The number of carbonyl (C=O) groups is 2. The van der Waals surface area contributed by atoms with Gasteiger partial charge in [0.25, 0.3) is 0 Å². The molecular weight excluding hydrogens is 334 g/mol. The van der Waals surface area contributed by atoms with Crippen molar-refractivity contribution in [3.63, 3.8) is 0 Å². The van der Waals surface area contributed by atoms with E-state index in [1.54, 1.807) is 4.90 Å². The summed E-state index contributed by atoms with van der Waals surface area (Å²) in [5.74, 6) is -0.721. The minimum absolute atomic E-state index is 0.139. The number of nitrogens with two attached hydrogens (primary N) is 1. The molecule has 0 radical (unpaired) electrons. The molecule has 114 valence electrons. The lowest BCUT2D eigenvalue weighted by molar-refractivity contribution is -0.132. The number of rotatable bonds is 5. The molecule has 0 aliphatic carbocycles. The summed E-state index contributed by atoms with van der Waals surface area (Å²) < 4.78 is 0.858. The lowest BCUT2D eigenvalue weighted by Crippen LogP contribution is -2.39. The summed E-state index contributed by atoms with van der Waals surface area (Å²) >= 11 is 3.44. The van der Waals surface area contributed by atoms with Crippen molar-refractivity contribution in [2.24, 2.45) is 17.6 Å². The highest BCUT2D eigenvalue weighted by atomic mass is 79.9. The normalized spacial score (nSPS) is 19.7. The van der Waals surface area contributed by atoms with E-state index in [9.17, 15) is 9.59 Å². The first-order valence-corrected chi connectivity index (χ1v) is 7.87. The Kier molecular flexibility index (Phi) is 5.36. The lowest BCUT2D eigenvalue weighted by atomic mass is 10.1. The topological polar surface area (TPSA) is 75.4 Å². The summed E-state index contributed by atoms with van der Waals surface area (Å²) in [7, 11) is 0. The highest BCUT2D eigenvalue weighted by Crippen LogP contribution is 2.31. The molecule has 1 aromatic carbocycles. The summed E-state index contributed by atoms with van der Waals surface area (Å²) in [6, 6.07) is 7.54. The minimum atomic E-state index is -0.595. The predicted octanol–water partition coefficient (Wildman–Crippen LogP) is 1.51. The minimum Gasteiger partial charge on any atom is -0.355 e. The monoisotopic (exact) mass is 353 g/mol. The van der Waals surface area contributed by atoms with E-state index in [4.69, 9.17) is 5.73 Å². The van der Waals surface area contributed by atoms with Crippen molar-refractivity contribution in [2.75, 3.05) is 24.5 Å². The molecule has 2 unspecified atom stereocenters. The third-order valence-corrected chi connectivity index (χ3v) is 4.36. The second-order valence-corrected chi connectivity index (χ2v) is 6.22. The average Bonchev–Trinajstić information content (AvgIpc) is 2.86. The lowest BCUT2D eigenvalue weighted by Gasteiger charge is -2.18. The molecule has 1 saturated heterocycles. The molecule has 6 heteroatoms. The number of para-hydroxylation sites is 1. The Morgan fingerprint density at radius 2 is 2.24 bits per heavy atom. The predicted molar refractivity (Wildman–Crippen MR) is 85.8 cm³/mol. The van der Waals surface area contributed by atoms with Crippen LogP contribution >= 0.6 is 15.9 Å². The van der Waals surface area contributed by atoms with E-state index in [0.29, 0.717) is 26.1 Å². The highest BCUT2D eigenvalue weighted by Gasteiger charge is 2.38. The zero-order valence-electron chi connectivity index (χ0n) is 12.0. The van der Waals surface area contributed by atoms with E-state index < -0.39 is 5.92 Å². The fraction of sp³-hybridized carbons (Fsp3) is 0.467. The summed E-state index contributed by atoms with van der Waals surface area (Å²) in [6.45, 7) is 3.55. The molecule has 5 nitrogen and oxygen atoms in total. The van der Waals surface area contributed by atoms with Gasteiger partial charge in [-0.3, -0.25) is 9.59 Å². The standard InChI is InChI=1S/C15H20BrN3O2/c1-10(8-17)9-18-14(20)11-6-7-19(15(11)21)13-5-3-2-4-12(13)16/h2-5,10-11H,6-9,17H2,1H3,(H,18,20). The summed E-state index contributed by atoms with van der Waals surface area (Å²) in [5.41, 5.74) is 6.34. The molecule has 0 saturated carbocycles. The highest BCUT2D eigenvalue weighted by molar-refractivity contribution is 9.10. The van der Waals surface area contributed by atoms with Crippen LogP contribution in [0.5, 0.6) is 0 Å². The second kappa shape index (κ2) is 7.04. The van der Waals surface area contributed by atoms with Gasteiger partial charge in [0.15, 0.2) is 0 Å². The molecule has 2 rings (SSSR count). The van der Waals surface area contributed by atoms with Crippen molar-refractivity contribution < 1.29 is 9.59 Å². The van der Waals surface area contributed by atoms with Gasteiger partial charge in [0, 0.05) is 17.6 Å². The molecule has 1 fully saturated rings. The van der Waals surface area contributed by atoms with Gasteiger partial charge < -0.3 is 16.0 Å². The Morgan fingerprint density at radius 1 is 1.52 bits per heavy atom. The maximum Gasteiger partial charge on any atom is 0.239 e. The van der Waals surface area contributed by atoms with Gasteiger partial charge in [0.1, 0.15) is 5.92 Å². The van der Waals surface area contributed by atoms with Gasteiger partial charge in [-0.15, -0.1) is 0 Å². The smallest absolute Gasteiger partial charge is 0.239 e. The number of carbonyl (C=O) groups excluding carboxylic acids is 2. The van der Waals surface area contributed by atoms with Crippen LogP contribution in [0.3, 0.4) is 0 Å². The molecule has 0 spiro atoms. The molecule has 1 aromatic rings. The molecule has 3 N–H and O–H groups in total. The van der Waals surface area contributed by atoms with Crippen LogP contribution < -0.4 is 16.0 Å². The first-order chi connectivity index (χ1) is 10.0. The van der Waals surface area contributed by atoms with Crippen molar-refractivity contribution in [3.05, 3.63) is 28.7 Å². The van der Waals surface area contributed by atoms with Crippen molar-refractivity contribution in [1.29, 1.82) is 0 Å². The number of nitrogens with zero attached hydrogens (tertiary/aromatic N) is 1. The molecule has 0 aromatic heterocycles. The van der Waals surface area contributed by atoms with Gasteiger partial charge in [0.05, 0.1) is 5.69 Å². The Morgan fingerprint density at radius 3 is 2.90 bits per heavy atom. The van der Waals surface area contributed by atoms with Crippen LogP contribution in [0.15, 0.2) is 28.7 Å². The van der Waals surface area contributed by atoms with Gasteiger partial charge in [0.2, 0.25) is 11.8 Å². The first kappa shape index (κ1) is 16.0. The van der Waals surface area contributed by atoms with Crippen LogP contribution in [0, 0.1) is 11.8 Å². The number of anilines is 1. The third kappa shape index (κ3) is 3.63. The Balaban J connectivity index is 2.02. The molecular formula is C15H20BrN3O2. The summed E-state index contributed by atoms with van der Waals surface area (Å²) in [5, 5.41) is 2.81. The number of hydrogen-bond acceptors (Lipinski definition) is 3. The largest absolute Gasteiger partial charge is 0.355 e. The molecule has 1 aliphatic heterocycles. The van der Waals surface area contributed by atoms with Crippen LogP contribution in [0.2, 0.25) is 0 Å². The maximum atomic E-state index is 12.4. The van der Waals surface area contributed by atoms with E-state index in [2.05, 4.69) is 21.2 Å². The number of halogens is 1. The zero-order chi connectivity index (χ0) is 15.4. The van der Waals surface area contributed by atoms with Gasteiger partial charge >= 0.3 is 0 Å². The Hall–Kier alpha value is -1.40. The van der Waals surface area contributed by atoms with Crippen molar-refractivity contribution >= 4 is 33.4 Å². The summed E-state index contributed by atoms with van der Waals surface area (Å²) in [4.78, 5) is 26.2. The Labute approximate surface area is 133 Å². The molecule has 1 heterocycles. The van der Waals surface area contributed by atoms with Crippen LogP contribution in [0.1, 0.15) is 13.3 Å². The maximum absolute atomic E-state index is 12.4. The van der Waals surface area contributed by atoms with Crippen molar-refractivity contribution in [3.8, 4) is 0 Å². The third-order valence-electron chi connectivity index (χ3n) is 3.69. The van der Waals surface area contributed by atoms with Crippen molar-refractivity contribution in [1.82, 2.24) is 5.32 Å². The van der Waals surface area contributed by atoms with Crippen LogP contribution in [0.4, 0.5) is 5.69 Å². The van der Waals surface area contributed by atoms with Crippen LogP contribution in [-0.2, 0) is 9.59 Å². The van der Waals surface area contributed by atoms with Gasteiger partial charge in [-0.2, -0.15) is 0 Å². The molecule has 2 amide bonds. The van der Waals surface area contributed by atoms with E-state index in [1.807, 2.05) is 31.2 Å². The number of hydrogen-bond donors (Lipinski definition) is 2. The van der Waals surface area contributed by atoms with E-state index in [-0.39, 0.29) is 17.7 Å². The first-order valence-electron chi connectivity index (χ1n) is 7.08. The van der Waals surface area contributed by atoms with Crippen LogP contribution in [-0.4, -0.2) is 31.4 Å². The molecule has 2 atom stereocenters. The van der Waals surface area contributed by atoms with E-state index in [0.717, 1.165) is 10.2 Å². The SMILES string of the molecule is CC(CN)CNC(=O)C1CCN(c2ccccc2Br)C1=O. The van der Waals surface area contributed by atoms with E-state index in [1.165, 1.54) is 0 Å². The van der Waals surface area contributed by atoms with Gasteiger partial charge in [-0.25, -0.2) is 0 Å². The van der Waals surface area contributed by atoms with Crippen molar-refractivity contribution in [2.45, 2.75) is 13.3 Å².